The van der Waals surface area contributed by atoms with Crippen LogP contribution >= 0.6 is 11.3 Å². The molecule has 3 aromatic rings. The first kappa shape index (κ1) is 21.1. The Balaban J connectivity index is 1.59. The third kappa shape index (κ3) is 5.72. The highest BCUT2D eigenvalue weighted by atomic mass is 32.1. The zero-order valence-corrected chi connectivity index (χ0v) is 16.2. The van der Waals surface area contributed by atoms with Crippen LogP contribution in [0.1, 0.15) is 31.2 Å². The number of amides is 2. The Labute approximate surface area is 174 Å². The third-order valence-corrected chi connectivity index (χ3v) is 4.76. The Kier molecular flexibility index (Phi) is 6.54. The fraction of sp³-hybridized carbons (Fsp3) is 0.0909. The predicted octanol–water partition coefficient (Wildman–Crippen LogP) is 4.80. The Morgan fingerprint density at radius 3 is 2.50 bits per heavy atom. The number of alkyl halides is 3. The van der Waals surface area contributed by atoms with Crippen LogP contribution in [0.4, 0.5) is 18.9 Å². The van der Waals surface area contributed by atoms with Crippen LogP contribution < -0.4 is 10.6 Å². The second kappa shape index (κ2) is 9.29. The van der Waals surface area contributed by atoms with Crippen molar-refractivity contribution >= 4 is 28.8 Å². The lowest BCUT2D eigenvalue weighted by Gasteiger charge is -2.07. The lowest BCUT2D eigenvalue weighted by atomic mass is 10.1. The van der Waals surface area contributed by atoms with Gasteiger partial charge in [0.05, 0.1) is 17.0 Å². The minimum absolute atomic E-state index is 0.0408. The molecule has 4 nitrogen and oxygen atoms in total. The smallest absolute Gasteiger partial charge is 0.341 e. The van der Waals surface area contributed by atoms with Gasteiger partial charge in [-0.05, 0) is 47.8 Å². The number of hydrogen-bond donors (Lipinski definition) is 2. The number of anilines is 1. The van der Waals surface area contributed by atoms with Gasteiger partial charge in [-0.25, -0.2) is 0 Å². The molecule has 0 saturated carbocycles. The van der Waals surface area contributed by atoms with Crippen molar-refractivity contribution in [3.63, 3.8) is 0 Å². The molecule has 0 aliphatic heterocycles. The van der Waals surface area contributed by atoms with Gasteiger partial charge >= 0.3 is 6.18 Å². The van der Waals surface area contributed by atoms with Gasteiger partial charge in [0.1, 0.15) is 0 Å². The average molecular weight is 428 g/mol. The van der Waals surface area contributed by atoms with Crippen molar-refractivity contribution in [1.29, 1.82) is 0 Å². The Bertz CT molecular complexity index is 1110. The molecule has 3 rings (SSSR count). The van der Waals surface area contributed by atoms with E-state index in [1.807, 2.05) is 0 Å². The maximum absolute atomic E-state index is 12.7. The minimum atomic E-state index is -4.43. The van der Waals surface area contributed by atoms with Gasteiger partial charge in [0.25, 0.3) is 11.8 Å². The number of hydrogen-bond acceptors (Lipinski definition) is 3. The molecule has 0 atom stereocenters. The summed E-state index contributed by atoms with van der Waals surface area (Å²) in [7, 11) is 0. The summed E-state index contributed by atoms with van der Waals surface area (Å²) in [5.41, 5.74) is 0.216. The molecule has 30 heavy (non-hydrogen) atoms. The molecular formula is C22H15F3N2O2S. The second-order valence-corrected chi connectivity index (χ2v) is 7.02. The SMILES string of the molecule is O=C(NCC#Cc1cccc(C(F)(F)F)c1)c1cccc(NC(=O)c2cccs2)c1. The highest BCUT2D eigenvalue weighted by Crippen LogP contribution is 2.29. The monoisotopic (exact) mass is 428 g/mol. The van der Waals surface area contributed by atoms with Crippen molar-refractivity contribution in [2.75, 3.05) is 11.9 Å². The van der Waals surface area contributed by atoms with Crippen LogP contribution in [0.3, 0.4) is 0 Å². The van der Waals surface area contributed by atoms with E-state index < -0.39 is 17.6 Å². The number of rotatable bonds is 4. The highest BCUT2D eigenvalue weighted by molar-refractivity contribution is 7.12. The van der Waals surface area contributed by atoms with Crippen LogP contribution in [0.15, 0.2) is 66.0 Å². The van der Waals surface area contributed by atoms with Crippen molar-refractivity contribution in [2.45, 2.75) is 6.18 Å². The molecule has 0 aliphatic carbocycles. The average Bonchev–Trinajstić information content (AvgIpc) is 3.26. The Morgan fingerprint density at radius 2 is 1.77 bits per heavy atom. The van der Waals surface area contributed by atoms with Crippen molar-refractivity contribution < 1.29 is 22.8 Å². The van der Waals surface area contributed by atoms with Gasteiger partial charge < -0.3 is 10.6 Å². The van der Waals surface area contributed by atoms with Gasteiger partial charge in [0, 0.05) is 16.8 Å². The van der Waals surface area contributed by atoms with Crippen molar-refractivity contribution in [3.8, 4) is 11.8 Å². The molecular weight excluding hydrogens is 413 g/mol. The van der Waals surface area contributed by atoms with E-state index in [1.54, 1.807) is 35.7 Å². The van der Waals surface area contributed by atoms with Crippen molar-refractivity contribution in [3.05, 3.63) is 87.6 Å². The first-order valence-electron chi connectivity index (χ1n) is 8.72. The fourth-order valence-corrected chi connectivity index (χ4v) is 3.10. The summed E-state index contributed by atoms with van der Waals surface area (Å²) in [5, 5.41) is 7.08. The molecule has 0 saturated heterocycles. The van der Waals surface area contributed by atoms with Gasteiger partial charge in [0.15, 0.2) is 0 Å². The van der Waals surface area contributed by atoms with Crippen LogP contribution in [0.5, 0.6) is 0 Å². The maximum atomic E-state index is 12.7. The predicted molar refractivity (Wildman–Crippen MR) is 109 cm³/mol. The third-order valence-electron chi connectivity index (χ3n) is 3.89. The van der Waals surface area contributed by atoms with E-state index in [1.165, 1.54) is 29.5 Å². The topological polar surface area (TPSA) is 58.2 Å². The van der Waals surface area contributed by atoms with Crippen molar-refractivity contribution in [2.24, 2.45) is 0 Å². The molecule has 152 valence electrons. The molecule has 2 N–H and O–H groups in total. The first-order chi connectivity index (χ1) is 14.3. The van der Waals surface area contributed by atoms with Crippen LogP contribution in [0.25, 0.3) is 0 Å². The molecule has 8 heteroatoms. The summed E-state index contributed by atoms with van der Waals surface area (Å²) in [4.78, 5) is 24.9. The van der Waals surface area contributed by atoms with Crippen LogP contribution in [-0.2, 0) is 6.18 Å². The standard InChI is InChI=1S/C22H15F3N2O2S/c23-22(24,25)17-8-1-5-15(13-17)6-3-11-26-20(28)16-7-2-9-18(14-16)27-21(29)19-10-4-12-30-19/h1-2,4-5,7-10,12-14H,11H2,(H,26,28)(H,27,29). The molecule has 0 spiro atoms. The number of nitrogens with one attached hydrogen (secondary N) is 2. The number of carbonyl (C=O) groups is 2. The van der Waals surface area contributed by atoms with Crippen LogP contribution in [0, 0.1) is 11.8 Å². The summed E-state index contributed by atoms with van der Waals surface area (Å²) < 4.78 is 38.1. The molecule has 2 amide bonds. The summed E-state index contributed by atoms with van der Waals surface area (Å²) >= 11 is 1.31. The zero-order chi connectivity index (χ0) is 21.6. The van der Waals surface area contributed by atoms with Gasteiger partial charge in [-0.15, -0.1) is 11.3 Å². The lowest BCUT2D eigenvalue weighted by Crippen LogP contribution is -2.23. The molecule has 0 fully saturated rings. The normalized spacial score (nSPS) is 10.6. The second-order valence-electron chi connectivity index (χ2n) is 6.08. The largest absolute Gasteiger partial charge is 0.416 e. The molecule has 1 aromatic heterocycles. The Hall–Kier alpha value is -3.57. The Morgan fingerprint density at radius 1 is 0.967 bits per heavy atom. The minimum Gasteiger partial charge on any atom is -0.341 e. The summed E-state index contributed by atoms with van der Waals surface area (Å²) in [5.74, 6) is 4.54. The molecule has 2 aromatic carbocycles. The summed E-state index contributed by atoms with van der Waals surface area (Å²) in [6, 6.07) is 14.5. The highest BCUT2D eigenvalue weighted by Gasteiger charge is 2.30. The first-order valence-corrected chi connectivity index (χ1v) is 9.60. The zero-order valence-electron chi connectivity index (χ0n) is 15.4. The van der Waals surface area contributed by atoms with Crippen LogP contribution in [0.2, 0.25) is 0 Å². The van der Waals surface area contributed by atoms with E-state index in [4.69, 9.17) is 0 Å². The summed E-state index contributed by atoms with van der Waals surface area (Å²) in [6.45, 7) is -0.0408. The number of thiophene rings is 1. The van der Waals surface area contributed by atoms with E-state index >= 15 is 0 Å². The van der Waals surface area contributed by atoms with E-state index in [0.29, 0.717) is 16.1 Å². The van der Waals surface area contributed by atoms with Gasteiger partial charge in [-0.2, -0.15) is 13.2 Å². The van der Waals surface area contributed by atoms with Crippen molar-refractivity contribution in [1.82, 2.24) is 5.32 Å². The van der Waals surface area contributed by atoms with Gasteiger partial charge in [-0.3, -0.25) is 9.59 Å². The van der Waals surface area contributed by atoms with Crippen LogP contribution in [-0.4, -0.2) is 18.4 Å². The number of benzene rings is 2. The molecule has 0 bridgehead atoms. The van der Waals surface area contributed by atoms with E-state index in [0.717, 1.165) is 12.1 Å². The molecule has 0 aliphatic rings. The lowest BCUT2D eigenvalue weighted by molar-refractivity contribution is -0.137. The van der Waals surface area contributed by atoms with Gasteiger partial charge in [0.2, 0.25) is 0 Å². The number of halogens is 3. The molecule has 0 radical (unpaired) electrons. The quantitative estimate of drug-likeness (QED) is 0.587. The van der Waals surface area contributed by atoms with E-state index in [-0.39, 0.29) is 18.0 Å². The van der Waals surface area contributed by atoms with E-state index in [2.05, 4.69) is 22.5 Å². The number of carbonyl (C=O) groups excluding carboxylic acids is 2. The fourth-order valence-electron chi connectivity index (χ4n) is 2.48. The maximum Gasteiger partial charge on any atom is 0.416 e. The van der Waals surface area contributed by atoms with Gasteiger partial charge in [-0.1, -0.05) is 30.0 Å². The van der Waals surface area contributed by atoms with E-state index in [9.17, 15) is 22.8 Å². The molecule has 1 heterocycles. The summed E-state index contributed by atoms with van der Waals surface area (Å²) in [6.07, 6.45) is -4.43. The molecule has 0 unspecified atom stereocenters.